The number of fused-ring (bicyclic) bond motifs is 3. The molecule has 29 heavy (non-hydrogen) atoms. The molecule has 0 spiro atoms. The highest BCUT2D eigenvalue weighted by Gasteiger charge is 2.42. The Morgan fingerprint density at radius 2 is 1.69 bits per heavy atom. The van der Waals surface area contributed by atoms with Gasteiger partial charge in [-0.15, -0.1) is 4.57 Å². The lowest BCUT2D eigenvalue weighted by Gasteiger charge is -2.16. The van der Waals surface area contributed by atoms with Crippen molar-refractivity contribution >= 4 is 45.5 Å². The van der Waals surface area contributed by atoms with E-state index in [0.717, 1.165) is 46.8 Å². The van der Waals surface area contributed by atoms with Crippen molar-refractivity contribution in [1.29, 1.82) is 0 Å². The van der Waals surface area contributed by atoms with Gasteiger partial charge in [0, 0.05) is 33.9 Å². The van der Waals surface area contributed by atoms with Gasteiger partial charge in [-0.05, 0) is 31.0 Å². The van der Waals surface area contributed by atoms with Gasteiger partial charge in [-0.1, -0.05) is 30.7 Å². The normalized spacial score (nSPS) is 23.2. The zero-order valence-electron chi connectivity index (χ0n) is 16.1. The summed E-state index contributed by atoms with van der Waals surface area (Å²) in [7, 11) is 0. The Morgan fingerprint density at radius 3 is 2.41 bits per heavy atom. The van der Waals surface area contributed by atoms with Crippen LogP contribution in [0.3, 0.4) is 0 Å². The van der Waals surface area contributed by atoms with E-state index < -0.39 is 0 Å². The quantitative estimate of drug-likeness (QED) is 0.294. The first-order valence-electron chi connectivity index (χ1n) is 10.2. The summed E-state index contributed by atoms with van der Waals surface area (Å²) in [4.78, 5) is 24.7. The van der Waals surface area contributed by atoms with Crippen LogP contribution in [-0.4, -0.2) is 35.0 Å². The number of carbonyl (C=O) groups is 2. The van der Waals surface area contributed by atoms with Gasteiger partial charge >= 0.3 is 11.9 Å². The lowest BCUT2D eigenvalue weighted by atomic mass is 10.0. The van der Waals surface area contributed by atoms with Crippen molar-refractivity contribution in [3.05, 3.63) is 54.6 Å². The minimum atomic E-state index is -0.0419. The highest BCUT2D eigenvalue weighted by Crippen LogP contribution is 2.33. The molecule has 2 fully saturated rings. The summed E-state index contributed by atoms with van der Waals surface area (Å²) in [5.41, 5.74) is 1.93. The molecule has 3 heterocycles. The molecule has 2 aliphatic heterocycles. The van der Waals surface area contributed by atoms with E-state index in [2.05, 4.69) is 28.8 Å². The predicted octanol–water partition coefficient (Wildman–Crippen LogP) is 3.65. The molecule has 2 N–H and O–H groups in total. The molecule has 5 nitrogen and oxygen atoms in total. The number of hydrogen-bond acceptors (Lipinski definition) is 3. The van der Waals surface area contributed by atoms with Gasteiger partial charge in [0.15, 0.2) is 0 Å². The van der Waals surface area contributed by atoms with Gasteiger partial charge in [0.25, 0.3) is 0 Å². The van der Waals surface area contributed by atoms with Gasteiger partial charge < -0.3 is 10.6 Å². The number of hydrogen-bond donors (Lipinski definition) is 2. The number of carbonyl (C=O) groups excluding carboxylic acids is 2. The number of rotatable bonds is 5. The standard InChI is InChI=1S/C23H23N3O2S/c27-21(12-6-5-11-20-22-17(14-29-20)24-23(28)25-22)26-18-9-3-1-7-15(18)13-16-8-2-4-10-19(16)26/h1-4,7-10,13,17,20,22H,5-6,11-12,14H2,(H-,24,25,28)/p+1/t17-,20-,22-/m0/s1. The number of urea groups is 1. The molecule has 0 saturated carbocycles. The van der Waals surface area contributed by atoms with Crippen molar-refractivity contribution in [2.45, 2.75) is 43.0 Å². The second-order valence-corrected chi connectivity index (χ2v) is 9.13. The SMILES string of the molecule is O=C1N[C@H]2[C@H](CS[C@H]2CCCCC(=O)[n+]2c3ccccc3cc3ccccc32)N1. The number of unbranched alkanes of at least 4 members (excludes halogenated alkanes) is 1. The van der Waals surface area contributed by atoms with E-state index in [1.165, 1.54) is 0 Å². The molecule has 0 radical (unpaired) electrons. The van der Waals surface area contributed by atoms with Gasteiger partial charge in [-0.2, -0.15) is 11.8 Å². The third-order valence-corrected chi connectivity index (χ3v) is 7.49. The fourth-order valence-corrected chi connectivity index (χ4v) is 6.11. The molecule has 6 heteroatoms. The van der Waals surface area contributed by atoms with Crippen molar-refractivity contribution in [2.75, 3.05) is 5.75 Å². The number of aromatic nitrogens is 1. The maximum Gasteiger partial charge on any atom is 0.393 e. The van der Waals surface area contributed by atoms with Gasteiger partial charge in [-0.25, -0.2) is 9.59 Å². The molecule has 2 aliphatic rings. The van der Waals surface area contributed by atoms with E-state index in [9.17, 15) is 9.59 Å². The van der Waals surface area contributed by atoms with Crippen LogP contribution in [0.5, 0.6) is 0 Å². The minimum Gasteiger partial charge on any atom is -0.332 e. The van der Waals surface area contributed by atoms with Crippen molar-refractivity contribution in [3.8, 4) is 0 Å². The van der Waals surface area contributed by atoms with Gasteiger partial charge in [0.05, 0.1) is 18.5 Å². The number of para-hydroxylation sites is 2. The first-order valence-corrected chi connectivity index (χ1v) is 11.3. The summed E-state index contributed by atoms with van der Waals surface area (Å²) in [5.74, 6) is 1.12. The Kier molecular flexibility index (Phi) is 4.87. The largest absolute Gasteiger partial charge is 0.393 e. The monoisotopic (exact) mass is 406 g/mol. The molecule has 3 aromatic rings. The van der Waals surface area contributed by atoms with Crippen LogP contribution < -0.4 is 15.2 Å². The maximum absolute atomic E-state index is 13.2. The Balaban J connectivity index is 1.28. The molecule has 148 valence electrons. The fraction of sp³-hybridized carbons (Fsp3) is 0.348. The summed E-state index contributed by atoms with van der Waals surface area (Å²) in [5, 5.41) is 8.63. The van der Waals surface area contributed by atoms with Crippen LogP contribution in [0.2, 0.25) is 0 Å². The lowest BCUT2D eigenvalue weighted by molar-refractivity contribution is -0.517. The van der Waals surface area contributed by atoms with Crippen LogP contribution in [0, 0.1) is 0 Å². The average Bonchev–Trinajstić information content (AvgIpc) is 3.28. The summed E-state index contributed by atoms with van der Waals surface area (Å²) < 4.78 is 1.88. The molecule has 0 aliphatic carbocycles. The molecule has 2 saturated heterocycles. The van der Waals surface area contributed by atoms with Gasteiger partial charge in [0.2, 0.25) is 11.0 Å². The fourth-order valence-electron chi connectivity index (χ4n) is 4.57. The van der Waals surface area contributed by atoms with Crippen molar-refractivity contribution in [1.82, 2.24) is 10.6 Å². The number of nitrogens with one attached hydrogen (secondary N) is 2. The van der Waals surface area contributed by atoms with E-state index in [1.54, 1.807) is 0 Å². The molecular weight excluding hydrogens is 382 g/mol. The van der Waals surface area contributed by atoms with E-state index >= 15 is 0 Å². The summed E-state index contributed by atoms with van der Waals surface area (Å²) >= 11 is 1.93. The zero-order chi connectivity index (χ0) is 19.8. The van der Waals surface area contributed by atoms with Gasteiger partial charge in [0.1, 0.15) is 0 Å². The van der Waals surface area contributed by atoms with Crippen LogP contribution in [0.4, 0.5) is 4.79 Å². The van der Waals surface area contributed by atoms with E-state index in [-0.39, 0.29) is 24.0 Å². The number of amides is 2. The number of nitrogens with zero attached hydrogens (tertiary/aromatic N) is 1. The van der Waals surface area contributed by atoms with Crippen LogP contribution in [-0.2, 0) is 0 Å². The van der Waals surface area contributed by atoms with Gasteiger partial charge in [-0.3, -0.25) is 0 Å². The molecule has 5 rings (SSSR count). The predicted molar refractivity (Wildman–Crippen MR) is 116 cm³/mol. The average molecular weight is 407 g/mol. The van der Waals surface area contributed by atoms with Crippen LogP contribution in [0.1, 0.15) is 30.5 Å². The van der Waals surface area contributed by atoms with Crippen LogP contribution in [0.25, 0.3) is 21.8 Å². The third kappa shape index (κ3) is 3.46. The highest BCUT2D eigenvalue weighted by molar-refractivity contribution is 8.00. The first-order chi connectivity index (χ1) is 14.2. The topological polar surface area (TPSA) is 62.1 Å². The molecule has 2 amide bonds. The molecule has 2 aromatic carbocycles. The highest BCUT2D eigenvalue weighted by atomic mass is 32.2. The first kappa shape index (κ1) is 18.4. The molecule has 3 atom stereocenters. The van der Waals surface area contributed by atoms with E-state index in [1.807, 2.05) is 52.7 Å². The third-order valence-electron chi connectivity index (χ3n) is 5.98. The number of thioether (sulfide) groups is 1. The van der Waals surface area contributed by atoms with Crippen LogP contribution >= 0.6 is 11.8 Å². The van der Waals surface area contributed by atoms with E-state index in [4.69, 9.17) is 0 Å². The van der Waals surface area contributed by atoms with Crippen molar-refractivity contribution < 1.29 is 14.2 Å². The lowest BCUT2D eigenvalue weighted by Crippen LogP contribution is -2.43. The second kappa shape index (κ2) is 7.67. The molecule has 0 unspecified atom stereocenters. The second-order valence-electron chi connectivity index (χ2n) is 7.86. The molecule has 1 aromatic heterocycles. The maximum atomic E-state index is 13.2. The summed E-state index contributed by atoms with van der Waals surface area (Å²) in [6, 6.07) is 18.7. The Morgan fingerprint density at radius 1 is 1.00 bits per heavy atom. The summed E-state index contributed by atoms with van der Waals surface area (Å²) in [6.45, 7) is 0. The Hall–Kier alpha value is -2.60. The smallest absolute Gasteiger partial charge is 0.332 e. The van der Waals surface area contributed by atoms with E-state index in [0.29, 0.717) is 11.7 Å². The number of pyridine rings is 1. The Bertz CT molecular complexity index is 1050. The zero-order valence-corrected chi connectivity index (χ0v) is 17.0. The molecular formula is C23H24N3O2S+. The van der Waals surface area contributed by atoms with Crippen LogP contribution in [0.15, 0.2) is 54.6 Å². The minimum absolute atomic E-state index is 0.0419. The Labute approximate surface area is 173 Å². The van der Waals surface area contributed by atoms with Crippen molar-refractivity contribution in [2.24, 2.45) is 0 Å². The summed E-state index contributed by atoms with van der Waals surface area (Å²) in [6.07, 6.45) is 3.41. The van der Waals surface area contributed by atoms with Crippen molar-refractivity contribution in [3.63, 3.8) is 0 Å². The number of benzene rings is 2. The molecule has 0 bridgehead atoms.